The Kier molecular flexibility index (Phi) is 7.14. The highest BCUT2D eigenvalue weighted by atomic mass is 79.9. The second-order valence-electron chi connectivity index (χ2n) is 3.51. The van der Waals surface area contributed by atoms with Crippen LogP contribution in [0.1, 0.15) is 11.3 Å². The minimum Gasteiger partial charge on any atom is -0.375 e. The third-order valence-electron chi connectivity index (χ3n) is 2.21. The summed E-state index contributed by atoms with van der Waals surface area (Å²) in [6.45, 7) is -0.234. The first kappa shape index (κ1) is 15.0. The van der Waals surface area contributed by atoms with Crippen molar-refractivity contribution in [1.82, 2.24) is 5.43 Å². The molecule has 0 spiro atoms. The van der Waals surface area contributed by atoms with Gasteiger partial charge in [-0.15, -0.1) is 11.3 Å². The van der Waals surface area contributed by atoms with E-state index in [9.17, 15) is 8.78 Å². The summed E-state index contributed by atoms with van der Waals surface area (Å²) in [5, 5.41) is 1.99. The molecule has 0 amide bonds. The van der Waals surface area contributed by atoms with Crippen LogP contribution in [0.4, 0.5) is 8.78 Å². The number of ether oxygens (including phenoxy) is 1. The lowest BCUT2D eigenvalue weighted by Gasteiger charge is -2.15. The Morgan fingerprint density at radius 3 is 2.82 bits per heavy atom. The maximum Gasteiger partial charge on any atom is 0.261 e. The molecule has 0 aliphatic heterocycles. The summed E-state index contributed by atoms with van der Waals surface area (Å²) in [4.78, 5) is 1.18. The highest BCUT2D eigenvalue weighted by Gasteiger charge is 2.11. The Hall–Kier alpha value is -0.0800. The molecule has 1 unspecified atom stereocenters. The average molecular weight is 329 g/mol. The minimum absolute atomic E-state index is 0.0302. The van der Waals surface area contributed by atoms with E-state index in [4.69, 9.17) is 10.6 Å². The maximum atomic E-state index is 11.8. The topological polar surface area (TPSA) is 47.3 Å². The number of hydrogen-bond acceptors (Lipinski definition) is 4. The molecular formula is C10H15BrF2N2OS. The highest BCUT2D eigenvalue weighted by molar-refractivity contribution is 9.10. The van der Waals surface area contributed by atoms with Gasteiger partial charge in [0.2, 0.25) is 0 Å². The van der Waals surface area contributed by atoms with Crippen molar-refractivity contribution in [3.05, 3.63) is 20.8 Å². The monoisotopic (exact) mass is 328 g/mol. The molecule has 0 fully saturated rings. The van der Waals surface area contributed by atoms with Gasteiger partial charge in [-0.05, 0) is 40.2 Å². The average Bonchev–Trinajstić information content (AvgIpc) is 2.68. The molecule has 1 aromatic heterocycles. The number of nitrogens with one attached hydrogen (secondary N) is 1. The molecule has 17 heavy (non-hydrogen) atoms. The largest absolute Gasteiger partial charge is 0.375 e. The third kappa shape index (κ3) is 5.87. The summed E-state index contributed by atoms with van der Waals surface area (Å²) in [5.74, 6) is 5.42. The van der Waals surface area contributed by atoms with Crippen molar-refractivity contribution in [2.24, 2.45) is 5.84 Å². The minimum atomic E-state index is -2.41. The van der Waals surface area contributed by atoms with E-state index in [1.807, 2.05) is 11.4 Å². The summed E-state index contributed by atoms with van der Waals surface area (Å²) in [6.07, 6.45) is -1.05. The molecule has 0 aromatic carbocycles. The fourth-order valence-electron chi connectivity index (χ4n) is 1.34. The lowest BCUT2D eigenvalue weighted by Crippen LogP contribution is -2.37. The second-order valence-corrected chi connectivity index (χ2v) is 5.37. The Morgan fingerprint density at radius 2 is 2.29 bits per heavy atom. The molecule has 3 nitrogen and oxygen atoms in total. The number of halogens is 3. The molecule has 0 radical (unpaired) electrons. The Labute approximate surface area is 111 Å². The molecule has 0 bridgehead atoms. The number of nitrogens with two attached hydrogens (primary N) is 1. The van der Waals surface area contributed by atoms with E-state index in [2.05, 4.69) is 21.4 Å². The van der Waals surface area contributed by atoms with Gasteiger partial charge in [0.1, 0.15) is 6.61 Å². The van der Waals surface area contributed by atoms with Crippen molar-refractivity contribution in [1.29, 1.82) is 0 Å². The van der Waals surface area contributed by atoms with Gasteiger partial charge in [0.05, 0.1) is 0 Å². The normalized spacial score (nSPS) is 13.2. The smallest absolute Gasteiger partial charge is 0.261 e. The van der Waals surface area contributed by atoms with Crippen LogP contribution in [0.3, 0.4) is 0 Å². The lowest BCUT2D eigenvalue weighted by molar-refractivity contribution is 0.0144. The van der Waals surface area contributed by atoms with Crippen LogP contribution in [0, 0.1) is 0 Å². The van der Waals surface area contributed by atoms with Crippen LogP contribution >= 0.6 is 27.3 Å². The van der Waals surface area contributed by atoms with Gasteiger partial charge in [-0.3, -0.25) is 11.3 Å². The fourth-order valence-corrected chi connectivity index (χ4v) is 2.93. The van der Waals surface area contributed by atoms with Gasteiger partial charge in [-0.2, -0.15) is 0 Å². The standard InChI is InChI=1S/C10H15BrF2N2OS/c11-8-2-4-17-9(8)5-7(15-14)1-3-16-6-10(12)13/h2,4,7,10,15H,1,3,5-6,14H2. The molecule has 1 rings (SSSR count). The summed E-state index contributed by atoms with van der Waals surface area (Å²) in [5.41, 5.74) is 2.67. The van der Waals surface area contributed by atoms with Crippen molar-refractivity contribution in [2.75, 3.05) is 13.2 Å². The Morgan fingerprint density at radius 1 is 1.53 bits per heavy atom. The predicted octanol–water partition coefficient (Wildman–Crippen LogP) is 2.56. The maximum absolute atomic E-state index is 11.8. The third-order valence-corrected chi connectivity index (χ3v) is 4.16. The van der Waals surface area contributed by atoms with E-state index in [1.54, 1.807) is 11.3 Å². The quantitative estimate of drug-likeness (QED) is 0.438. The zero-order valence-corrected chi connectivity index (χ0v) is 11.6. The van der Waals surface area contributed by atoms with E-state index in [1.165, 1.54) is 4.88 Å². The van der Waals surface area contributed by atoms with Crippen molar-refractivity contribution in [2.45, 2.75) is 25.3 Å². The van der Waals surface area contributed by atoms with Crippen LogP contribution in [0.5, 0.6) is 0 Å². The van der Waals surface area contributed by atoms with Gasteiger partial charge in [0.25, 0.3) is 6.43 Å². The van der Waals surface area contributed by atoms with Crippen LogP contribution in [0.25, 0.3) is 0 Å². The van der Waals surface area contributed by atoms with Crippen LogP contribution in [-0.4, -0.2) is 25.7 Å². The molecule has 98 valence electrons. The molecule has 1 heterocycles. The highest BCUT2D eigenvalue weighted by Crippen LogP contribution is 2.24. The van der Waals surface area contributed by atoms with Crippen molar-refractivity contribution in [3.63, 3.8) is 0 Å². The molecule has 3 N–H and O–H groups in total. The van der Waals surface area contributed by atoms with Crippen molar-refractivity contribution in [3.8, 4) is 0 Å². The summed E-state index contributed by atoms with van der Waals surface area (Å²) < 4.78 is 29.5. The predicted molar refractivity (Wildman–Crippen MR) is 68.3 cm³/mol. The second kappa shape index (κ2) is 8.10. The first-order valence-corrected chi connectivity index (χ1v) is 6.84. The lowest BCUT2D eigenvalue weighted by atomic mass is 10.1. The zero-order valence-electron chi connectivity index (χ0n) is 9.17. The summed E-state index contributed by atoms with van der Waals surface area (Å²) in [7, 11) is 0. The first-order chi connectivity index (χ1) is 8.13. The van der Waals surface area contributed by atoms with Crippen molar-refractivity contribution >= 4 is 27.3 Å². The van der Waals surface area contributed by atoms with E-state index in [0.29, 0.717) is 6.42 Å². The number of alkyl halides is 2. The van der Waals surface area contributed by atoms with Crippen LogP contribution < -0.4 is 11.3 Å². The van der Waals surface area contributed by atoms with E-state index in [0.717, 1.165) is 10.9 Å². The number of hydrazine groups is 1. The van der Waals surface area contributed by atoms with E-state index >= 15 is 0 Å². The molecule has 1 atom stereocenters. The molecule has 0 saturated heterocycles. The van der Waals surface area contributed by atoms with Crippen LogP contribution in [-0.2, 0) is 11.2 Å². The number of rotatable bonds is 8. The Bertz CT molecular complexity index is 325. The summed E-state index contributed by atoms with van der Waals surface area (Å²) in [6, 6.07) is 2.00. The zero-order chi connectivity index (χ0) is 12.7. The fraction of sp³-hybridized carbons (Fsp3) is 0.600. The Balaban J connectivity index is 2.27. The van der Waals surface area contributed by atoms with Gasteiger partial charge < -0.3 is 4.74 Å². The van der Waals surface area contributed by atoms with Gasteiger partial charge in [-0.25, -0.2) is 8.78 Å². The van der Waals surface area contributed by atoms with Gasteiger partial charge in [0.15, 0.2) is 0 Å². The molecule has 0 aliphatic carbocycles. The van der Waals surface area contributed by atoms with Gasteiger partial charge >= 0.3 is 0 Å². The number of hydrogen-bond donors (Lipinski definition) is 2. The van der Waals surface area contributed by atoms with Crippen molar-refractivity contribution < 1.29 is 13.5 Å². The molecule has 0 saturated carbocycles. The van der Waals surface area contributed by atoms with Crippen LogP contribution in [0.15, 0.2) is 15.9 Å². The molecular weight excluding hydrogens is 314 g/mol. The molecule has 0 aliphatic rings. The number of thiophene rings is 1. The molecule has 7 heteroatoms. The molecule has 1 aromatic rings. The van der Waals surface area contributed by atoms with E-state index < -0.39 is 13.0 Å². The first-order valence-electron chi connectivity index (χ1n) is 5.17. The van der Waals surface area contributed by atoms with Gasteiger partial charge in [0, 0.05) is 22.0 Å². The van der Waals surface area contributed by atoms with Gasteiger partial charge in [-0.1, -0.05) is 0 Å². The summed E-state index contributed by atoms with van der Waals surface area (Å²) >= 11 is 5.07. The van der Waals surface area contributed by atoms with E-state index in [-0.39, 0.29) is 12.6 Å². The SMILES string of the molecule is NNC(CCOCC(F)F)Cc1sccc1Br. The van der Waals surface area contributed by atoms with Crippen LogP contribution in [0.2, 0.25) is 0 Å².